The normalized spacial score (nSPS) is 16.8. The quantitative estimate of drug-likeness (QED) is 0.941. The predicted octanol–water partition coefficient (Wildman–Crippen LogP) is 2.53. The molecular formula is C16H17NO4. The molecule has 2 heterocycles. The molecule has 2 aromatic rings. The summed E-state index contributed by atoms with van der Waals surface area (Å²) in [6.45, 7) is 4.50. The largest absolute Gasteiger partial charge is 0.481 e. The van der Waals surface area contributed by atoms with Gasteiger partial charge in [-0.1, -0.05) is 25.1 Å². The van der Waals surface area contributed by atoms with Gasteiger partial charge in [0.1, 0.15) is 5.58 Å². The third-order valence-electron chi connectivity index (χ3n) is 4.33. The van der Waals surface area contributed by atoms with Crippen molar-refractivity contribution in [3.63, 3.8) is 0 Å². The van der Waals surface area contributed by atoms with Crippen LogP contribution < -0.4 is 0 Å². The number of para-hydroxylation sites is 1. The van der Waals surface area contributed by atoms with Crippen molar-refractivity contribution in [2.45, 2.75) is 13.8 Å². The summed E-state index contributed by atoms with van der Waals surface area (Å²) in [5.74, 6) is -1.01. The minimum Gasteiger partial charge on any atom is -0.481 e. The number of carboxylic acid groups (broad SMARTS) is 1. The van der Waals surface area contributed by atoms with E-state index in [4.69, 9.17) is 9.52 Å². The molecule has 5 nitrogen and oxygen atoms in total. The van der Waals surface area contributed by atoms with Crippen molar-refractivity contribution in [2.75, 3.05) is 13.1 Å². The van der Waals surface area contributed by atoms with Gasteiger partial charge in [-0.05, 0) is 13.0 Å². The Hall–Kier alpha value is -2.30. The average molecular weight is 287 g/mol. The lowest BCUT2D eigenvalue weighted by molar-refractivity contribution is -0.144. The predicted molar refractivity (Wildman–Crippen MR) is 77.1 cm³/mol. The fraction of sp³-hybridized carbons (Fsp3) is 0.375. The van der Waals surface area contributed by atoms with Gasteiger partial charge in [-0.15, -0.1) is 0 Å². The smallest absolute Gasteiger partial charge is 0.306 e. The van der Waals surface area contributed by atoms with Crippen molar-refractivity contribution in [1.82, 2.24) is 4.90 Å². The first-order chi connectivity index (χ1) is 9.99. The van der Waals surface area contributed by atoms with Gasteiger partial charge < -0.3 is 14.4 Å². The summed E-state index contributed by atoms with van der Waals surface area (Å²) in [5.41, 5.74) is 1.54. The standard InChI is InChI=1S/C16H17NO4/c1-9(16(19)20)11-7-17(8-11)15(18)14-10(2)12-5-3-4-6-13(12)21-14/h3-6,9,11H,7-8H2,1-2H3,(H,19,20). The third-order valence-corrected chi connectivity index (χ3v) is 4.33. The van der Waals surface area contributed by atoms with E-state index in [0.717, 1.165) is 10.9 Å². The lowest BCUT2D eigenvalue weighted by atomic mass is 9.87. The average Bonchev–Trinajstić information content (AvgIpc) is 2.74. The van der Waals surface area contributed by atoms with Crippen LogP contribution in [-0.2, 0) is 4.79 Å². The molecule has 1 fully saturated rings. The van der Waals surface area contributed by atoms with Crippen LogP contribution in [0.2, 0.25) is 0 Å². The molecule has 1 aromatic heterocycles. The fourth-order valence-electron chi connectivity index (χ4n) is 2.72. The van der Waals surface area contributed by atoms with E-state index in [-0.39, 0.29) is 11.8 Å². The Bertz CT molecular complexity index is 712. The minimum absolute atomic E-state index is 0.0242. The Labute approximate surface area is 122 Å². The molecule has 1 atom stereocenters. The molecule has 1 unspecified atom stereocenters. The number of carbonyl (C=O) groups excluding carboxylic acids is 1. The number of hydrogen-bond acceptors (Lipinski definition) is 3. The number of amides is 1. The Balaban J connectivity index is 1.77. The third kappa shape index (κ3) is 2.18. The summed E-state index contributed by atoms with van der Waals surface area (Å²) in [6.07, 6.45) is 0. The Kier molecular flexibility index (Phi) is 3.20. The lowest BCUT2D eigenvalue weighted by Gasteiger charge is -2.40. The molecule has 1 amide bonds. The molecule has 0 saturated carbocycles. The van der Waals surface area contributed by atoms with Gasteiger partial charge in [0.25, 0.3) is 5.91 Å². The molecule has 110 valence electrons. The molecule has 3 rings (SSSR count). The van der Waals surface area contributed by atoms with Crippen molar-refractivity contribution < 1.29 is 19.1 Å². The van der Waals surface area contributed by atoms with Gasteiger partial charge in [-0.25, -0.2) is 0 Å². The summed E-state index contributed by atoms with van der Waals surface area (Å²) in [4.78, 5) is 25.0. The number of aryl methyl sites for hydroxylation is 1. The zero-order valence-electron chi connectivity index (χ0n) is 12.0. The number of benzene rings is 1. The molecule has 1 aromatic carbocycles. The lowest BCUT2D eigenvalue weighted by Crippen LogP contribution is -2.53. The first-order valence-electron chi connectivity index (χ1n) is 6.99. The van der Waals surface area contributed by atoms with Crippen LogP contribution >= 0.6 is 0 Å². The van der Waals surface area contributed by atoms with Gasteiger partial charge in [0, 0.05) is 30.0 Å². The number of furan rings is 1. The zero-order valence-corrected chi connectivity index (χ0v) is 12.0. The van der Waals surface area contributed by atoms with E-state index in [9.17, 15) is 9.59 Å². The molecule has 21 heavy (non-hydrogen) atoms. The first-order valence-corrected chi connectivity index (χ1v) is 6.99. The molecule has 5 heteroatoms. The van der Waals surface area contributed by atoms with Gasteiger partial charge >= 0.3 is 5.97 Å². The molecule has 0 bridgehead atoms. The van der Waals surface area contributed by atoms with Gasteiger partial charge in [-0.3, -0.25) is 9.59 Å². The monoisotopic (exact) mass is 287 g/mol. The van der Waals surface area contributed by atoms with Crippen LogP contribution in [0, 0.1) is 18.8 Å². The molecule has 1 aliphatic rings. The number of fused-ring (bicyclic) bond motifs is 1. The summed E-state index contributed by atoms with van der Waals surface area (Å²) in [6, 6.07) is 7.54. The highest BCUT2D eigenvalue weighted by Gasteiger charge is 2.38. The van der Waals surface area contributed by atoms with Crippen molar-refractivity contribution in [3.05, 3.63) is 35.6 Å². The van der Waals surface area contributed by atoms with E-state index in [1.807, 2.05) is 31.2 Å². The Morgan fingerprint density at radius 1 is 1.33 bits per heavy atom. The number of rotatable bonds is 3. The first kappa shape index (κ1) is 13.7. The number of aliphatic carboxylic acids is 1. The fourth-order valence-corrected chi connectivity index (χ4v) is 2.72. The highest BCUT2D eigenvalue weighted by atomic mass is 16.4. The van der Waals surface area contributed by atoms with Crippen molar-refractivity contribution in [2.24, 2.45) is 11.8 Å². The van der Waals surface area contributed by atoms with E-state index in [2.05, 4.69) is 0 Å². The second-order valence-corrected chi connectivity index (χ2v) is 5.65. The number of nitrogens with zero attached hydrogens (tertiary/aromatic N) is 1. The highest BCUT2D eigenvalue weighted by molar-refractivity contribution is 5.99. The maximum absolute atomic E-state index is 12.4. The van der Waals surface area contributed by atoms with Gasteiger partial charge in [0.15, 0.2) is 5.76 Å². The molecule has 1 N–H and O–H groups in total. The number of hydrogen-bond donors (Lipinski definition) is 1. The molecule has 0 radical (unpaired) electrons. The van der Waals surface area contributed by atoms with Crippen molar-refractivity contribution >= 4 is 22.8 Å². The maximum atomic E-state index is 12.4. The Morgan fingerprint density at radius 3 is 2.62 bits per heavy atom. The van der Waals surface area contributed by atoms with Crippen LogP contribution in [0.5, 0.6) is 0 Å². The summed E-state index contributed by atoms with van der Waals surface area (Å²) in [5, 5.41) is 9.92. The van der Waals surface area contributed by atoms with Crippen LogP contribution in [0.1, 0.15) is 23.0 Å². The van der Waals surface area contributed by atoms with Gasteiger partial charge in [0.2, 0.25) is 0 Å². The van der Waals surface area contributed by atoms with E-state index in [1.165, 1.54) is 0 Å². The second kappa shape index (κ2) is 4.91. The summed E-state index contributed by atoms with van der Waals surface area (Å²) < 4.78 is 5.65. The number of carboxylic acids is 1. The van der Waals surface area contributed by atoms with Gasteiger partial charge in [-0.2, -0.15) is 0 Å². The molecular weight excluding hydrogens is 270 g/mol. The van der Waals surface area contributed by atoms with E-state index in [0.29, 0.717) is 24.4 Å². The van der Waals surface area contributed by atoms with Crippen molar-refractivity contribution in [1.29, 1.82) is 0 Å². The van der Waals surface area contributed by atoms with E-state index >= 15 is 0 Å². The maximum Gasteiger partial charge on any atom is 0.306 e. The van der Waals surface area contributed by atoms with Crippen LogP contribution in [0.15, 0.2) is 28.7 Å². The van der Waals surface area contributed by atoms with Crippen molar-refractivity contribution in [3.8, 4) is 0 Å². The molecule has 0 aliphatic carbocycles. The minimum atomic E-state index is -0.813. The van der Waals surface area contributed by atoms with E-state index in [1.54, 1.807) is 11.8 Å². The van der Waals surface area contributed by atoms with Crippen LogP contribution in [-0.4, -0.2) is 35.0 Å². The number of carbonyl (C=O) groups is 2. The molecule has 0 spiro atoms. The SMILES string of the molecule is Cc1c(C(=O)N2CC(C(C)C(=O)O)C2)oc2ccccc12. The van der Waals surface area contributed by atoms with Crippen LogP contribution in [0.3, 0.4) is 0 Å². The summed E-state index contributed by atoms with van der Waals surface area (Å²) in [7, 11) is 0. The van der Waals surface area contributed by atoms with Gasteiger partial charge in [0.05, 0.1) is 5.92 Å². The van der Waals surface area contributed by atoms with Crippen LogP contribution in [0.25, 0.3) is 11.0 Å². The molecule has 1 saturated heterocycles. The van der Waals surface area contributed by atoms with E-state index < -0.39 is 11.9 Å². The highest BCUT2D eigenvalue weighted by Crippen LogP contribution is 2.30. The second-order valence-electron chi connectivity index (χ2n) is 5.65. The topological polar surface area (TPSA) is 70.8 Å². The summed E-state index contributed by atoms with van der Waals surface area (Å²) >= 11 is 0. The zero-order chi connectivity index (χ0) is 15.1. The van der Waals surface area contributed by atoms with Crippen LogP contribution in [0.4, 0.5) is 0 Å². The molecule has 1 aliphatic heterocycles. The number of likely N-dealkylation sites (tertiary alicyclic amines) is 1. The Morgan fingerprint density at radius 2 is 2.00 bits per heavy atom.